The van der Waals surface area contributed by atoms with Crippen molar-refractivity contribution in [2.45, 2.75) is 31.7 Å². The number of carboxylic acids is 1. The van der Waals surface area contributed by atoms with Crippen LogP contribution in [-0.2, 0) is 4.79 Å². The molecule has 26 heavy (non-hydrogen) atoms. The topological polar surface area (TPSA) is 72.9 Å². The summed E-state index contributed by atoms with van der Waals surface area (Å²) in [6.07, 6.45) is 4.86. The van der Waals surface area contributed by atoms with Crippen LogP contribution in [-0.4, -0.2) is 60.6 Å². The van der Waals surface area contributed by atoms with Crippen LogP contribution in [0.15, 0.2) is 24.3 Å². The van der Waals surface area contributed by atoms with Gasteiger partial charge in [0.1, 0.15) is 0 Å². The Kier molecular flexibility index (Phi) is 4.85. The maximum atomic E-state index is 12.7. The lowest BCUT2D eigenvalue weighted by Crippen LogP contribution is -2.41. The number of aliphatic carboxylic acids is 1. The molecule has 0 radical (unpaired) electrons. The van der Waals surface area contributed by atoms with E-state index in [1.807, 2.05) is 29.2 Å². The van der Waals surface area contributed by atoms with E-state index in [1.54, 1.807) is 0 Å². The molecule has 3 fully saturated rings. The summed E-state index contributed by atoms with van der Waals surface area (Å²) in [6.45, 7) is 3.65. The van der Waals surface area contributed by atoms with Crippen molar-refractivity contribution in [3.63, 3.8) is 0 Å². The predicted octanol–water partition coefficient (Wildman–Crippen LogP) is 1.81. The van der Waals surface area contributed by atoms with E-state index in [4.69, 9.17) is 5.11 Å². The summed E-state index contributed by atoms with van der Waals surface area (Å²) in [5.74, 6) is 0.161. The monoisotopic (exact) mass is 357 g/mol. The molecule has 2 atom stereocenters. The van der Waals surface area contributed by atoms with Gasteiger partial charge < -0.3 is 15.3 Å². The van der Waals surface area contributed by atoms with E-state index in [0.717, 1.165) is 19.6 Å². The Morgan fingerprint density at radius 2 is 1.77 bits per heavy atom. The third-order valence-corrected chi connectivity index (χ3v) is 5.94. The Labute approximate surface area is 154 Å². The summed E-state index contributed by atoms with van der Waals surface area (Å²) in [4.78, 5) is 28.0. The van der Waals surface area contributed by atoms with Crippen LogP contribution in [0.2, 0.25) is 0 Å². The van der Waals surface area contributed by atoms with Crippen molar-refractivity contribution in [3.8, 4) is 0 Å². The normalized spacial score (nSPS) is 26.2. The fourth-order valence-electron chi connectivity index (χ4n) is 4.44. The molecule has 140 valence electrons. The summed E-state index contributed by atoms with van der Waals surface area (Å²) in [5, 5.41) is 12.2. The lowest BCUT2D eigenvalue weighted by Gasteiger charge is -2.20. The second kappa shape index (κ2) is 7.27. The number of rotatable bonds is 6. The highest BCUT2D eigenvalue weighted by atomic mass is 16.4. The first-order chi connectivity index (χ1) is 12.6. The van der Waals surface area contributed by atoms with E-state index in [0.29, 0.717) is 23.9 Å². The number of likely N-dealkylation sites (tertiary alicyclic amines) is 1. The van der Waals surface area contributed by atoms with Gasteiger partial charge in [-0.3, -0.25) is 14.5 Å². The summed E-state index contributed by atoms with van der Waals surface area (Å²) in [7, 11) is 0. The molecule has 2 aliphatic heterocycles. The largest absolute Gasteiger partial charge is 0.480 e. The van der Waals surface area contributed by atoms with Gasteiger partial charge in [0.05, 0.1) is 6.54 Å². The molecular formula is C20H27N3O3. The first-order valence-electron chi connectivity index (χ1n) is 9.70. The van der Waals surface area contributed by atoms with Crippen LogP contribution in [0.1, 0.15) is 36.0 Å². The van der Waals surface area contributed by atoms with Crippen molar-refractivity contribution in [2.75, 3.05) is 37.6 Å². The minimum absolute atomic E-state index is 0.0487. The Balaban J connectivity index is 1.39. The Bertz CT molecular complexity index is 665. The molecule has 2 N–H and O–H groups in total. The molecule has 6 heteroatoms. The van der Waals surface area contributed by atoms with E-state index >= 15 is 0 Å². The Hall–Kier alpha value is -2.08. The Morgan fingerprint density at radius 1 is 1.08 bits per heavy atom. The number of carbonyl (C=O) groups excluding carboxylic acids is 1. The highest BCUT2D eigenvalue weighted by Gasteiger charge is 2.43. The molecule has 0 aromatic heterocycles. The molecule has 3 aliphatic rings. The maximum absolute atomic E-state index is 12.7. The molecule has 2 saturated heterocycles. The van der Waals surface area contributed by atoms with Gasteiger partial charge >= 0.3 is 5.97 Å². The fourth-order valence-corrected chi connectivity index (χ4v) is 4.44. The molecule has 1 aliphatic carbocycles. The summed E-state index contributed by atoms with van der Waals surface area (Å²) in [5.41, 5.74) is 1.86. The number of hydrogen-bond acceptors (Lipinski definition) is 4. The molecule has 0 bridgehead atoms. The molecule has 1 aromatic rings. The zero-order valence-corrected chi connectivity index (χ0v) is 15.1. The van der Waals surface area contributed by atoms with Crippen LogP contribution in [0, 0.1) is 11.8 Å². The first kappa shape index (κ1) is 17.3. The van der Waals surface area contributed by atoms with Gasteiger partial charge in [0.2, 0.25) is 0 Å². The van der Waals surface area contributed by atoms with Crippen molar-refractivity contribution in [1.29, 1.82) is 0 Å². The number of nitrogens with one attached hydrogen (secondary N) is 1. The molecule has 1 saturated carbocycles. The quantitative estimate of drug-likeness (QED) is 0.812. The summed E-state index contributed by atoms with van der Waals surface area (Å²) < 4.78 is 0. The number of anilines is 1. The molecule has 1 amide bonds. The van der Waals surface area contributed by atoms with Gasteiger partial charge in [-0.2, -0.15) is 0 Å². The highest BCUT2D eigenvalue weighted by molar-refractivity contribution is 5.94. The van der Waals surface area contributed by atoms with Crippen LogP contribution in [0.5, 0.6) is 0 Å². The number of nitrogens with zero attached hydrogens (tertiary/aromatic N) is 2. The zero-order chi connectivity index (χ0) is 18.1. The van der Waals surface area contributed by atoms with Gasteiger partial charge in [0.25, 0.3) is 5.91 Å². The maximum Gasteiger partial charge on any atom is 0.317 e. The van der Waals surface area contributed by atoms with Crippen molar-refractivity contribution in [1.82, 2.24) is 10.2 Å². The van der Waals surface area contributed by atoms with E-state index in [-0.39, 0.29) is 18.5 Å². The van der Waals surface area contributed by atoms with Gasteiger partial charge in [-0.15, -0.1) is 0 Å². The summed E-state index contributed by atoms with van der Waals surface area (Å²) in [6, 6.07) is 7.92. The lowest BCUT2D eigenvalue weighted by atomic mass is 9.98. The molecule has 4 rings (SSSR count). The van der Waals surface area contributed by atoms with Crippen molar-refractivity contribution < 1.29 is 14.7 Å². The minimum Gasteiger partial charge on any atom is -0.480 e. The van der Waals surface area contributed by atoms with Gasteiger partial charge in [-0.1, -0.05) is 0 Å². The van der Waals surface area contributed by atoms with Crippen molar-refractivity contribution >= 4 is 17.6 Å². The summed E-state index contributed by atoms with van der Waals surface area (Å²) >= 11 is 0. The first-order valence-corrected chi connectivity index (χ1v) is 9.70. The van der Waals surface area contributed by atoms with Crippen LogP contribution in [0.25, 0.3) is 0 Å². The van der Waals surface area contributed by atoms with Gasteiger partial charge in [0.15, 0.2) is 0 Å². The van der Waals surface area contributed by atoms with E-state index in [1.165, 1.54) is 31.4 Å². The van der Waals surface area contributed by atoms with Gasteiger partial charge in [0, 0.05) is 43.5 Å². The zero-order valence-electron chi connectivity index (χ0n) is 15.1. The average Bonchev–Trinajstić information content (AvgIpc) is 3.16. The average molecular weight is 357 g/mol. The minimum atomic E-state index is -0.802. The highest BCUT2D eigenvalue weighted by Crippen LogP contribution is 2.41. The predicted molar refractivity (Wildman–Crippen MR) is 99.4 cm³/mol. The third-order valence-electron chi connectivity index (χ3n) is 5.94. The van der Waals surface area contributed by atoms with Gasteiger partial charge in [-0.05, 0) is 61.8 Å². The number of hydrogen-bond donors (Lipinski definition) is 2. The van der Waals surface area contributed by atoms with E-state index in [2.05, 4.69) is 10.2 Å². The fraction of sp³-hybridized carbons (Fsp3) is 0.600. The van der Waals surface area contributed by atoms with Crippen molar-refractivity contribution in [3.05, 3.63) is 29.8 Å². The van der Waals surface area contributed by atoms with Crippen LogP contribution >= 0.6 is 0 Å². The number of benzene rings is 1. The molecule has 1 aromatic carbocycles. The lowest BCUT2D eigenvalue weighted by molar-refractivity contribution is -0.138. The molecule has 6 nitrogen and oxygen atoms in total. The van der Waals surface area contributed by atoms with E-state index in [9.17, 15) is 9.59 Å². The second-order valence-electron chi connectivity index (χ2n) is 7.91. The van der Waals surface area contributed by atoms with Crippen LogP contribution < -0.4 is 10.2 Å². The van der Waals surface area contributed by atoms with Crippen LogP contribution in [0.3, 0.4) is 0 Å². The van der Waals surface area contributed by atoms with E-state index < -0.39 is 5.97 Å². The Morgan fingerprint density at radius 3 is 2.38 bits per heavy atom. The SMILES string of the molecule is O=C(O)CN1C[C@@H](NC(=O)c2ccc(N3CCCC3)cc2)[C@H](C2CC2)C1. The smallest absolute Gasteiger partial charge is 0.317 e. The second-order valence-corrected chi connectivity index (χ2v) is 7.91. The third kappa shape index (κ3) is 3.85. The van der Waals surface area contributed by atoms with Gasteiger partial charge in [-0.25, -0.2) is 0 Å². The molecule has 2 heterocycles. The number of carboxylic acid groups (broad SMARTS) is 1. The standard InChI is InChI=1S/C20H27N3O3/c24-19(25)13-22-11-17(14-3-4-14)18(12-22)21-20(26)15-5-7-16(8-6-15)23-9-1-2-10-23/h5-8,14,17-18H,1-4,9-13H2,(H,21,26)(H,24,25)/t17-,18+/m0/s1. The number of carbonyl (C=O) groups is 2. The number of amides is 1. The van der Waals surface area contributed by atoms with Crippen LogP contribution in [0.4, 0.5) is 5.69 Å². The molecular weight excluding hydrogens is 330 g/mol. The van der Waals surface area contributed by atoms with Crippen molar-refractivity contribution in [2.24, 2.45) is 11.8 Å². The molecule has 0 unspecified atom stereocenters. The molecule has 0 spiro atoms.